The first kappa shape index (κ1) is 11.2. The van der Waals surface area contributed by atoms with Crippen LogP contribution in [0.15, 0.2) is 12.1 Å². The molecule has 1 aromatic rings. The third-order valence-electron chi connectivity index (χ3n) is 2.62. The van der Waals surface area contributed by atoms with Gasteiger partial charge in [0.2, 0.25) is 0 Å². The van der Waals surface area contributed by atoms with Crippen molar-refractivity contribution < 1.29 is 9.50 Å². The summed E-state index contributed by atoms with van der Waals surface area (Å²) in [6.07, 6.45) is 0.0514. The van der Waals surface area contributed by atoms with Gasteiger partial charge in [0, 0.05) is 21.6 Å². The zero-order chi connectivity index (χ0) is 11.0. The van der Waals surface area contributed by atoms with E-state index in [-0.39, 0.29) is 5.82 Å². The van der Waals surface area contributed by atoms with Crippen LogP contribution in [-0.4, -0.2) is 10.4 Å². The van der Waals surface area contributed by atoms with Gasteiger partial charge in [-0.15, -0.1) is 0 Å². The van der Waals surface area contributed by atoms with Crippen LogP contribution in [0.1, 0.15) is 30.6 Å². The Bertz CT molecular complexity index is 383. The summed E-state index contributed by atoms with van der Waals surface area (Å²) in [7, 11) is 0. The molecule has 2 rings (SSSR count). The van der Waals surface area contributed by atoms with Crippen molar-refractivity contribution in [3.8, 4) is 0 Å². The Morgan fingerprint density at radius 3 is 3.00 bits per heavy atom. The number of fused-ring (bicyclic) bond motifs is 1. The summed E-state index contributed by atoms with van der Waals surface area (Å²) < 4.78 is 13.6. The minimum Gasteiger partial charge on any atom is -0.388 e. The first-order chi connectivity index (χ1) is 7.08. The molecule has 0 fully saturated rings. The van der Waals surface area contributed by atoms with E-state index in [1.807, 2.05) is 6.92 Å². The number of hydrogen-bond donors (Lipinski definition) is 1. The van der Waals surface area contributed by atoms with Gasteiger partial charge < -0.3 is 5.11 Å². The Kier molecular flexibility index (Phi) is 3.24. The van der Waals surface area contributed by atoms with Gasteiger partial charge in [0.15, 0.2) is 0 Å². The number of aliphatic hydroxyl groups excluding tert-OH is 1. The van der Waals surface area contributed by atoms with Crippen molar-refractivity contribution >= 4 is 23.4 Å². The van der Waals surface area contributed by atoms with Gasteiger partial charge in [-0.2, -0.15) is 11.8 Å². The van der Waals surface area contributed by atoms with Crippen LogP contribution in [0.4, 0.5) is 4.39 Å². The van der Waals surface area contributed by atoms with E-state index in [1.165, 1.54) is 6.07 Å². The number of rotatable bonds is 0. The summed E-state index contributed by atoms with van der Waals surface area (Å²) in [6.45, 7) is 2.04. The second kappa shape index (κ2) is 4.32. The van der Waals surface area contributed by atoms with Crippen LogP contribution in [0.5, 0.6) is 0 Å². The molecule has 0 amide bonds. The molecule has 82 valence electrons. The van der Waals surface area contributed by atoms with Crippen molar-refractivity contribution in [1.29, 1.82) is 0 Å². The molecular formula is C11H12ClFOS. The smallest absolute Gasteiger partial charge is 0.129 e. The summed E-state index contributed by atoms with van der Waals surface area (Å²) in [5.74, 6) is 0.300. The molecule has 0 radical (unpaired) electrons. The van der Waals surface area contributed by atoms with Gasteiger partial charge in [-0.25, -0.2) is 4.39 Å². The lowest BCUT2D eigenvalue weighted by Crippen LogP contribution is -2.04. The van der Waals surface area contributed by atoms with Crippen LogP contribution in [0.3, 0.4) is 0 Å². The second-order valence-corrected chi connectivity index (χ2v) is 5.69. The van der Waals surface area contributed by atoms with Crippen molar-refractivity contribution in [2.45, 2.75) is 30.5 Å². The maximum Gasteiger partial charge on any atom is 0.129 e. The normalized spacial score (nSPS) is 25.9. The number of thioether (sulfide) groups is 1. The fourth-order valence-corrected chi connectivity index (χ4v) is 3.10. The third-order valence-corrected chi connectivity index (χ3v) is 4.06. The number of hydrogen-bond acceptors (Lipinski definition) is 2. The Labute approximate surface area is 97.6 Å². The molecule has 1 heterocycles. The maximum atomic E-state index is 13.6. The highest BCUT2D eigenvalue weighted by molar-refractivity contribution is 7.99. The van der Waals surface area contributed by atoms with E-state index in [0.29, 0.717) is 33.6 Å². The highest BCUT2D eigenvalue weighted by Crippen LogP contribution is 2.37. The molecule has 2 atom stereocenters. The summed E-state index contributed by atoms with van der Waals surface area (Å²) in [5.41, 5.74) is 1.25. The van der Waals surface area contributed by atoms with E-state index in [0.717, 1.165) is 0 Å². The summed E-state index contributed by atoms with van der Waals surface area (Å²) in [5, 5.41) is 10.6. The maximum absolute atomic E-state index is 13.6. The number of halogens is 2. The van der Waals surface area contributed by atoms with E-state index >= 15 is 0 Å². The standard InChI is InChI=1S/C11H12ClFOS/c1-6-2-11(14)8-3-7(12)4-10(13)9(8)5-15-6/h3-4,6,11,14H,2,5H2,1H3/t6?,11-/m1/s1. The van der Waals surface area contributed by atoms with Crippen LogP contribution in [0, 0.1) is 5.82 Å². The summed E-state index contributed by atoms with van der Waals surface area (Å²) in [6, 6.07) is 2.98. The predicted molar refractivity (Wildman–Crippen MR) is 61.7 cm³/mol. The molecule has 1 aromatic carbocycles. The molecule has 15 heavy (non-hydrogen) atoms. The van der Waals surface area contributed by atoms with Crippen LogP contribution in [-0.2, 0) is 5.75 Å². The topological polar surface area (TPSA) is 20.2 Å². The van der Waals surface area contributed by atoms with Gasteiger partial charge in [-0.1, -0.05) is 18.5 Å². The Hall–Kier alpha value is -0.250. The average molecular weight is 247 g/mol. The van der Waals surface area contributed by atoms with Gasteiger partial charge in [-0.05, 0) is 24.1 Å². The van der Waals surface area contributed by atoms with Crippen molar-refractivity contribution in [3.05, 3.63) is 34.1 Å². The lowest BCUT2D eigenvalue weighted by atomic mass is 10.00. The number of aliphatic hydroxyl groups is 1. The van der Waals surface area contributed by atoms with Crippen molar-refractivity contribution in [2.24, 2.45) is 0 Å². The van der Waals surface area contributed by atoms with Gasteiger partial charge in [0.1, 0.15) is 5.82 Å². The molecule has 1 aliphatic rings. The fraction of sp³-hybridized carbons (Fsp3) is 0.455. The van der Waals surface area contributed by atoms with E-state index in [2.05, 4.69) is 0 Å². The minimum atomic E-state index is -0.599. The van der Waals surface area contributed by atoms with Crippen LogP contribution < -0.4 is 0 Å². The highest BCUT2D eigenvalue weighted by Gasteiger charge is 2.23. The van der Waals surface area contributed by atoms with Gasteiger partial charge in [0.05, 0.1) is 6.10 Å². The van der Waals surface area contributed by atoms with Crippen molar-refractivity contribution in [1.82, 2.24) is 0 Å². The SMILES string of the molecule is CC1C[C@@H](O)c2cc(Cl)cc(F)c2CS1. The zero-order valence-corrected chi connectivity index (χ0v) is 9.91. The number of benzene rings is 1. The van der Waals surface area contributed by atoms with Crippen LogP contribution in [0.25, 0.3) is 0 Å². The van der Waals surface area contributed by atoms with E-state index in [1.54, 1.807) is 17.8 Å². The highest BCUT2D eigenvalue weighted by atomic mass is 35.5. The molecule has 4 heteroatoms. The minimum absolute atomic E-state index is 0.307. The Balaban J connectivity index is 2.48. The lowest BCUT2D eigenvalue weighted by Gasteiger charge is -2.13. The monoisotopic (exact) mass is 246 g/mol. The van der Waals surface area contributed by atoms with Gasteiger partial charge in [-0.3, -0.25) is 0 Å². The first-order valence-electron chi connectivity index (χ1n) is 4.85. The largest absolute Gasteiger partial charge is 0.388 e. The molecule has 0 aliphatic carbocycles. The van der Waals surface area contributed by atoms with Gasteiger partial charge >= 0.3 is 0 Å². The molecule has 1 unspecified atom stereocenters. The van der Waals surface area contributed by atoms with Crippen LogP contribution in [0.2, 0.25) is 5.02 Å². The second-order valence-electron chi connectivity index (χ2n) is 3.83. The van der Waals surface area contributed by atoms with Crippen LogP contribution >= 0.6 is 23.4 Å². The van der Waals surface area contributed by atoms with E-state index in [9.17, 15) is 9.50 Å². The van der Waals surface area contributed by atoms with Crippen molar-refractivity contribution in [3.63, 3.8) is 0 Å². The van der Waals surface area contributed by atoms with Gasteiger partial charge in [0.25, 0.3) is 0 Å². The van der Waals surface area contributed by atoms with E-state index in [4.69, 9.17) is 11.6 Å². The predicted octanol–water partition coefficient (Wildman–Crippen LogP) is 3.54. The van der Waals surface area contributed by atoms with Crippen molar-refractivity contribution in [2.75, 3.05) is 0 Å². The zero-order valence-electron chi connectivity index (χ0n) is 8.34. The van der Waals surface area contributed by atoms with E-state index < -0.39 is 6.10 Å². The Morgan fingerprint density at radius 2 is 2.27 bits per heavy atom. The summed E-state index contributed by atoms with van der Waals surface area (Å²) in [4.78, 5) is 0. The molecule has 0 saturated carbocycles. The molecular weight excluding hydrogens is 235 g/mol. The molecule has 0 saturated heterocycles. The molecule has 0 aromatic heterocycles. The Morgan fingerprint density at radius 1 is 1.53 bits per heavy atom. The quantitative estimate of drug-likeness (QED) is 0.756. The average Bonchev–Trinajstić information content (AvgIpc) is 2.27. The molecule has 1 nitrogen and oxygen atoms in total. The lowest BCUT2D eigenvalue weighted by molar-refractivity contribution is 0.168. The molecule has 1 N–H and O–H groups in total. The molecule has 0 bridgehead atoms. The molecule has 1 aliphatic heterocycles. The molecule has 0 spiro atoms. The third kappa shape index (κ3) is 2.30. The summed E-state index contributed by atoms with van der Waals surface area (Å²) >= 11 is 7.44. The fourth-order valence-electron chi connectivity index (χ4n) is 1.81. The first-order valence-corrected chi connectivity index (χ1v) is 6.28.